The highest BCUT2D eigenvalue weighted by Gasteiger charge is 2.30. The molecule has 2 aliphatic rings. The third-order valence-corrected chi connectivity index (χ3v) is 3.83. The second-order valence-electron chi connectivity index (χ2n) is 5.38. The Morgan fingerprint density at radius 2 is 1.95 bits per heavy atom. The molecule has 2 rings (SSSR count). The predicted octanol–water partition coefficient (Wildman–Crippen LogP) is 0.829. The lowest BCUT2D eigenvalue weighted by Crippen LogP contribution is -2.48. The number of hydrogen-bond donors (Lipinski definition) is 2. The molecule has 0 spiro atoms. The van der Waals surface area contributed by atoms with Crippen molar-refractivity contribution < 1.29 is 14.3 Å². The van der Waals surface area contributed by atoms with E-state index in [0.717, 1.165) is 45.4 Å². The van der Waals surface area contributed by atoms with E-state index in [0.29, 0.717) is 31.3 Å². The van der Waals surface area contributed by atoms with E-state index in [1.807, 2.05) is 6.92 Å². The van der Waals surface area contributed by atoms with Gasteiger partial charge in [-0.15, -0.1) is 0 Å². The molecule has 1 saturated heterocycles. The highest BCUT2D eigenvalue weighted by atomic mass is 16.5. The van der Waals surface area contributed by atoms with Gasteiger partial charge in [-0.2, -0.15) is 0 Å². The van der Waals surface area contributed by atoms with E-state index in [4.69, 9.17) is 9.47 Å². The molecule has 2 N–H and O–H groups in total. The van der Waals surface area contributed by atoms with Crippen LogP contribution >= 0.6 is 0 Å². The summed E-state index contributed by atoms with van der Waals surface area (Å²) in [6.45, 7) is 5.35. The van der Waals surface area contributed by atoms with Crippen molar-refractivity contribution >= 4 is 5.91 Å². The molecule has 0 aromatic carbocycles. The Balaban J connectivity index is 1.48. The van der Waals surface area contributed by atoms with Gasteiger partial charge in [-0.1, -0.05) is 0 Å². The number of carbonyl (C=O) groups excluding carboxylic acids is 1. The van der Waals surface area contributed by atoms with Crippen molar-refractivity contribution in [1.29, 1.82) is 0 Å². The first kappa shape index (κ1) is 14.8. The zero-order valence-corrected chi connectivity index (χ0v) is 11.8. The summed E-state index contributed by atoms with van der Waals surface area (Å²) in [5.41, 5.74) is 0. The molecule has 0 aromatic rings. The maximum Gasteiger partial charge on any atom is 0.222 e. The van der Waals surface area contributed by atoms with Gasteiger partial charge in [-0.3, -0.25) is 4.79 Å². The second-order valence-corrected chi connectivity index (χ2v) is 5.38. The summed E-state index contributed by atoms with van der Waals surface area (Å²) in [7, 11) is 0. The van der Waals surface area contributed by atoms with Gasteiger partial charge in [0.1, 0.15) is 0 Å². The Bertz CT molecular complexity index is 274. The van der Waals surface area contributed by atoms with Crippen LogP contribution < -0.4 is 10.6 Å². The van der Waals surface area contributed by atoms with E-state index in [2.05, 4.69) is 10.6 Å². The smallest absolute Gasteiger partial charge is 0.222 e. The Hall–Kier alpha value is -0.650. The molecule has 0 aromatic heterocycles. The molecule has 0 bridgehead atoms. The van der Waals surface area contributed by atoms with Crippen molar-refractivity contribution in [3.8, 4) is 0 Å². The quantitative estimate of drug-likeness (QED) is 0.719. The monoisotopic (exact) mass is 270 g/mol. The summed E-state index contributed by atoms with van der Waals surface area (Å²) in [5.74, 6) is 0.105. The molecule has 1 aliphatic heterocycles. The van der Waals surface area contributed by atoms with Crippen molar-refractivity contribution in [3.05, 3.63) is 0 Å². The SMILES string of the molecule is CCOC1CC(NC(=O)CCOC2CCNCC2)C1. The number of piperidine rings is 1. The highest BCUT2D eigenvalue weighted by Crippen LogP contribution is 2.23. The molecule has 0 unspecified atom stereocenters. The third-order valence-electron chi connectivity index (χ3n) is 3.83. The van der Waals surface area contributed by atoms with Gasteiger partial charge >= 0.3 is 0 Å². The predicted molar refractivity (Wildman–Crippen MR) is 73.0 cm³/mol. The normalized spacial score (nSPS) is 27.8. The lowest BCUT2D eigenvalue weighted by molar-refractivity contribution is -0.125. The average Bonchev–Trinajstić information content (AvgIpc) is 2.37. The van der Waals surface area contributed by atoms with Gasteiger partial charge in [0.05, 0.1) is 18.8 Å². The van der Waals surface area contributed by atoms with Gasteiger partial charge in [0, 0.05) is 19.1 Å². The molecule has 1 heterocycles. The maximum atomic E-state index is 11.7. The van der Waals surface area contributed by atoms with Crippen LogP contribution in [-0.2, 0) is 14.3 Å². The number of hydrogen-bond acceptors (Lipinski definition) is 4. The minimum atomic E-state index is 0.105. The summed E-state index contributed by atoms with van der Waals surface area (Å²) < 4.78 is 11.2. The van der Waals surface area contributed by atoms with Crippen LogP contribution in [0.2, 0.25) is 0 Å². The van der Waals surface area contributed by atoms with Crippen LogP contribution in [0.4, 0.5) is 0 Å². The largest absolute Gasteiger partial charge is 0.378 e. The molecular weight excluding hydrogens is 244 g/mol. The standard InChI is InChI=1S/C14H26N2O3/c1-2-18-13-9-11(10-13)16-14(17)5-8-19-12-3-6-15-7-4-12/h11-13,15H,2-10H2,1H3,(H,16,17). The molecule has 5 nitrogen and oxygen atoms in total. The van der Waals surface area contributed by atoms with Crippen LogP contribution in [-0.4, -0.2) is 50.5 Å². The summed E-state index contributed by atoms with van der Waals surface area (Å²) in [6, 6.07) is 0.308. The first-order chi connectivity index (χ1) is 9.28. The molecule has 110 valence electrons. The number of ether oxygens (including phenoxy) is 2. The Morgan fingerprint density at radius 1 is 1.21 bits per heavy atom. The van der Waals surface area contributed by atoms with Crippen molar-refractivity contribution in [2.24, 2.45) is 0 Å². The average molecular weight is 270 g/mol. The molecule has 1 aliphatic carbocycles. The Morgan fingerprint density at radius 3 is 2.63 bits per heavy atom. The van der Waals surface area contributed by atoms with Crippen LogP contribution in [0.3, 0.4) is 0 Å². The van der Waals surface area contributed by atoms with Crippen molar-refractivity contribution in [1.82, 2.24) is 10.6 Å². The van der Waals surface area contributed by atoms with E-state index < -0.39 is 0 Å². The van der Waals surface area contributed by atoms with E-state index in [1.165, 1.54) is 0 Å². The number of carbonyl (C=O) groups is 1. The number of rotatable bonds is 7. The molecule has 19 heavy (non-hydrogen) atoms. The molecule has 5 heteroatoms. The minimum Gasteiger partial charge on any atom is -0.378 e. The van der Waals surface area contributed by atoms with Crippen LogP contribution in [0.15, 0.2) is 0 Å². The highest BCUT2D eigenvalue weighted by molar-refractivity contribution is 5.76. The Kier molecular flexibility index (Phi) is 6.07. The summed E-state index contributed by atoms with van der Waals surface area (Å²) in [4.78, 5) is 11.7. The minimum absolute atomic E-state index is 0.105. The lowest BCUT2D eigenvalue weighted by atomic mass is 9.89. The molecule has 2 fully saturated rings. The fourth-order valence-electron chi connectivity index (χ4n) is 2.64. The topological polar surface area (TPSA) is 59.6 Å². The van der Waals surface area contributed by atoms with Crippen molar-refractivity contribution in [2.45, 2.75) is 57.3 Å². The fourth-order valence-corrected chi connectivity index (χ4v) is 2.64. The zero-order valence-electron chi connectivity index (χ0n) is 11.8. The second kappa shape index (κ2) is 7.82. The fraction of sp³-hybridized carbons (Fsp3) is 0.929. The van der Waals surface area contributed by atoms with Gasteiger partial charge < -0.3 is 20.1 Å². The van der Waals surface area contributed by atoms with E-state index >= 15 is 0 Å². The molecule has 1 amide bonds. The van der Waals surface area contributed by atoms with E-state index in [-0.39, 0.29) is 5.91 Å². The van der Waals surface area contributed by atoms with E-state index in [1.54, 1.807) is 0 Å². The first-order valence-corrected chi connectivity index (χ1v) is 7.51. The van der Waals surface area contributed by atoms with E-state index in [9.17, 15) is 4.79 Å². The number of nitrogens with one attached hydrogen (secondary N) is 2. The van der Waals surface area contributed by atoms with Gasteiger partial charge in [-0.25, -0.2) is 0 Å². The first-order valence-electron chi connectivity index (χ1n) is 7.51. The molecule has 0 radical (unpaired) electrons. The van der Waals surface area contributed by atoms with Crippen LogP contribution in [0.25, 0.3) is 0 Å². The number of amides is 1. The van der Waals surface area contributed by atoms with Gasteiger partial charge in [0.15, 0.2) is 0 Å². The van der Waals surface area contributed by atoms with Gasteiger partial charge in [-0.05, 0) is 45.7 Å². The summed E-state index contributed by atoms with van der Waals surface area (Å²) >= 11 is 0. The van der Waals surface area contributed by atoms with Crippen molar-refractivity contribution in [3.63, 3.8) is 0 Å². The zero-order chi connectivity index (χ0) is 13.5. The molecule has 1 saturated carbocycles. The van der Waals surface area contributed by atoms with Crippen LogP contribution in [0, 0.1) is 0 Å². The lowest BCUT2D eigenvalue weighted by Gasteiger charge is -2.35. The molecule has 0 atom stereocenters. The third kappa shape index (κ3) is 5.09. The van der Waals surface area contributed by atoms with Gasteiger partial charge in [0.2, 0.25) is 5.91 Å². The van der Waals surface area contributed by atoms with Gasteiger partial charge in [0.25, 0.3) is 0 Å². The van der Waals surface area contributed by atoms with Crippen LogP contribution in [0.5, 0.6) is 0 Å². The van der Waals surface area contributed by atoms with Crippen molar-refractivity contribution in [2.75, 3.05) is 26.3 Å². The summed E-state index contributed by atoms with van der Waals surface area (Å²) in [5, 5.41) is 6.33. The molecular formula is C14H26N2O3. The Labute approximate surface area is 115 Å². The maximum absolute atomic E-state index is 11.7. The van der Waals surface area contributed by atoms with Crippen LogP contribution in [0.1, 0.15) is 39.0 Å². The summed E-state index contributed by atoms with van der Waals surface area (Å²) in [6.07, 6.45) is 5.17.